The van der Waals surface area contributed by atoms with Crippen molar-refractivity contribution in [3.8, 4) is 11.1 Å². The molecule has 1 aliphatic carbocycles. The molecule has 7 heteroatoms. The molecule has 0 saturated carbocycles. The Hall–Kier alpha value is -4.13. The molecule has 180 valence electrons. The first-order valence-corrected chi connectivity index (χ1v) is 11.7. The lowest BCUT2D eigenvalue weighted by atomic mass is 9.98. The van der Waals surface area contributed by atoms with Gasteiger partial charge in [-0.2, -0.15) is 0 Å². The number of rotatable bonds is 9. The van der Waals surface area contributed by atoms with Gasteiger partial charge < -0.3 is 20.1 Å². The van der Waals surface area contributed by atoms with Crippen LogP contribution in [0.25, 0.3) is 11.1 Å². The lowest BCUT2D eigenvalue weighted by Gasteiger charge is -2.20. The van der Waals surface area contributed by atoms with Crippen LogP contribution in [0.1, 0.15) is 29.5 Å². The molecule has 2 amide bonds. The standard InChI is InChI=1S/C28H28N2O5/c1-2-34-26(31)17-29-27(32)25(16-19-10-4-3-5-11-19)30-28(33)35-18-24-22-14-8-6-12-20(22)21-13-7-9-15-23(21)24/h3-15,24-25H,2,16-18H2,1H3,(H,29,32)(H,30,33)/t25-/m0/s1. The number of esters is 1. The maximum atomic E-state index is 12.8. The number of hydrogen-bond donors (Lipinski definition) is 2. The monoisotopic (exact) mass is 472 g/mol. The van der Waals surface area contributed by atoms with Gasteiger partial charge >= 0.3 is 12.1 Å². The van der Waals surface area contributed by atoms with Gasteiger partial charge in [0.05, 0.1) is 6.61 Å². The van der Waals surface area contributed by atoms with Crippen LogP contribution in [-0.4, -0.2) is 43.8 Å². The fraction of sp³-hybridized carbons (Fsp3) is 0.250. The van der Waals surface area contributed by atoms with Crippen LogP contribution in [0, 0.1) is 0 Å². The maximum Gasteiger partial charge on any atom is 0.407 e. The highest BCUT2D eigenvalue weighted by molar-refractivity contribution is 5.88. The summed E-state index contributed by atoms with van der Waals surface area (Å²) < 4.78 is 10.5. The molecule has 0 heterocycles. The van der Waals surface area contributed by atoms with Gasteiger partial charge in [-0.05, 0) is 34.7 Å². The van der Waals surface area contributed by atoms with Crippen molar-refractivity contribution >= 4 is 18.0 Å². The first-order valence-electron chi connectivity index (χ1n) is 11.7. The molecule has 0 radical (unpaired) electrons. The summed E-state index contributed by atoms with van der Waals surface area (Å²) in [4.78, 5) is 37.2. The van der Waals surface area contributed by atoms with Crippen LogP contribution >= 0.6 is 0 Å². The van der Waals surface area contributed by atoms with E-state index in [0.29, 0.717) is 0 Å². The van der Waals surface area contributed by atoms with Gasteiger partial charge in [0.15, 0.2) is 0 Å². The molecule has 35 heavy (non-hydrogen) atoms. The van der Waals surface area contributed by atoms with Crippen LogP contribution in [0.2, 0.25) is 0 Å². The number of amides is 2. The van der Waals surface area contributed by atoms with Crippen molar-refractivity contribution in [1.82, 2.24) is 10.6 Å². The Kier molecular flexibility index (Phi) is 7.77. The van der Waals surface area contributed by atoms with Gasteiger partial charge in [0, 0.05) is 12.3 Å². The van der Waals surface area contributed by atoms with Gasteiger partial charge in [-0.15, -0.1) is 0 Å². The van der Waals surface area contributed by atoms with Crippen LogP contribution in [0.3, 0.4) is 0 Å². The van der Waals surface area contributed by atoms with Gasteiger partial charge in [0.25, 0.3) is 0 Å². The van der Waals surface area contributed by atoms with Crippen molar-refractivity contribution in [2.75, 3.05) is 19.8 Å². The minimum absolute atomic E-state index is 0.0848. The van der Waals surface area contributed by atoms with E-state index in [-0.39, 0.29) is 32.1 Å². The molecule has 1 atom stereocenters. The molecule has 0 aliphatic heterocycles. The quantitative estimate of drug-likeness (QED) is 0.462. The number of benzene rings is 3. The summed E-state index contributed by atoms with van der Waals surface area (Å²) in [7, 11) is 0. The minimum atomic E-state index is -0.914. The number of carbonyl (C=O) groups excluding carboxylic acids is 3. The van der Waals surface area contributed by atoms with E-state index in [0.717, 1.165) is 27.8 Å². The molecular formula is C28H28N2O5. The van der Waals surface area contributed by atoms with Crippen LogP contribution < -0.4 is 10.6 Å². The van der Waals surface area contributed by atoms with Crippen molar-refractivity contribution in [3.05, 3.63) is 95.6 Å². The van der Waals surface area contributed by atoms with E-state index in [1.165, 1.54) is 0 Å². The molecule has 0 fully saturated rings. The Morgan fingerprint density at radius 3 is 2.06 bits per heavy atom. The minimum Gasteiger partial charge on any atom is -0.465 e. The highest BCUT2D eigenvalue weighted by Crippen LogP contribution is 2.44. The van der Waals surface area contributed by atoms with Crippen LogP contribution in [0.15, 0.2) is 78.9 Å². The molecule has 2 N–H and O–H groups in total. The summed E-state index contributed by atoms with van der Waals surface area (Å²) >= 11 is 0. The topological polar surface area (TPSA) is 93.7 Å². The van der Waals surface area contributed by atoms with Crippen molar-refractivity contribution in [2.24, 2.45) is 0 Å². The molecule has 0 spiro atoms. The Bertz CT molecular complexity index is 1150. The predicted octanol–water partition coefficient (Wildman–Crippen LogP) is 3.82. The molecular weight excluding hydrogens is 444 g/mol. The van der Waals surface area contributed by atoms with Crippen molar-refractivity contribution in [2.45, 2.75) is 25.3 Å². The Labute approximate surface area is 204 Å². The van der Waals surface area contributed by atoms with Gasteiger partial charge in [-0.25, -0.2) is 4.79 Å². The molecule has 0 saturated heterocycles. The number of nitrogens with one attached hydrogen (secondary N) is 2. The second-order valence-corrected chi connectivity index (χ2v) is 8.24. The second kappa shape index (κ2) is 11.3. The zero-order chi connectivity index (χ0) is 24.6. The van der Waals surface area contributed by atoms with E-state index in [1.807, 2.05) is 66.7 Å². The zero-order valence-corrected chi connectivity index (χ0v) is 19.5. The van der Waals surface area contributed by atoms with Crippen molar-refractivity contribution in [3.63, 3.8) is 0 Å². The van der Waals surface area contributed by atoms with E-state index >= 15 is 0 Å². The zero-order valence-electron chi connectivity index (χ0n) is 19.5. The van der Waals surface area contributed by atoms with Gasteiger partial charge in [0.1, 0.15) is 19.2 Å². The van der Waals surface area contributed by atoms with Gasteiger partial charge in [-0.1, -0.05) is 78.9 Å². The third kappa shape index (κ3) is 5.87. The second-order valence-electron chi connectivity index (χ2n) is 8.24. The van der Waals surface area contributed by atoms with Crippen LogP contribution in [-0.2, 0) is 25.5 Å². The summed E-state index contributed by atoms with van der Waals surface area (Å²) in [5, 5.41) is 5.20. The smallest absolute Gasteiger partial charge is 0.407 e. The van der Waals surface area contributed by atoms with Crippen LogP contribution in [0.4, 0.5) is 4.79 Å². The van der Waals surface area contributed by atoms with E-state index in [4.69, 9.17) is 9.47 Å². The molecule has 4 rings (SSSR count). The number of ether oxygens (including phenoxy) is 2. The van der Waals surface area contributed by atoms with Gasteiger partial charge in [0.2, 0.25) is 5.91 Å². The summed E-state index contributed by atoms with van der Waals surface area (Å²) in [6.07, 6.45) is -0.446. The highest BCUT2D eigenvalue weighted by atomic mass is 16.5. The van der Waals surface area contributed by atoms with Crippen LogP contribution in [0.5, 0.6) is 0 Å². The van der Waals surface area contributed by atoms with E-state index in [2.05, 4.69) is 22.8 Å². The third-order valence-corrected chi connectivity index (χ3v) is 5.95. The fourth-order valence-electron chi connectivity index (χ4n) is 4.34. The molecule has 0 unspecified atom stereocenters. The van der Waals surface area contributed by atoms with E-state index in [9.17, 15) is 14.4 Å². The Balaban J connectivity index is 1.42. The Morgan fingerprint density at radius 1 is 0.829 bits per heavy atom. The summed E-state index contributed by atoms with van der Waals surface area (Å²) in [6.45, 7) is 1.78. The normalized spacial score (nSPS) is 12.7. The number of alkyl carbamates (subject to hydrolysis) is 1. The number of carbonyl (C=O) groups is 3. The average Bonchev–Trinajstić information content (AvgIpc) is 3.20. The summed E-state index contributed by atoms with van der Waals surface area (Å²) in [6, 6.07) is 24.6. The molecule has 0 bridgehead atoms. The number of hydrogen-bond acceptors (Lipinski definition) is 5. The summed E-state index contributed by atoms with van der Waals surface area (Å²) in [5.41, 5.74) is 5.35. The van der Waals surface area contributed by atoms with Crippen molar-refractivity contribution in [1.29, 1.82) is 0 Å². The molecule has 0 aromatic heterocycles. The largest absolute Gasteiger partial charge is 0.465 e. The first-order chi connectivity index (χ1) is 17.1. The summed E-state index contributed by atoms with van der Waals surface area (Å²) in [5.74, 6) is -1.12. The first kappa shape index (κ1) is 24.0. The fourth-order valence-corrected chi connectivity index (χ4v) is 4.34. The maximum absolute atomic E-state index is 12.8. The van der Waals surface area contributed by atoms with E-state index in [1.54, 1.807) is 6.92 Å². The SMILES string of the molecule is CCOC(=O)CNC(=O)[C@H](Cc1ccccc1)NC(=O)OCC1c2ccccc2-c2ccccc21. The predicted molar refractivity (Wildman–Crippen MR) is 132 cm³/mol. The highest BCUT2D eigenvalue weighted by Gasteiger charge is 2.30. The molecule has 3 aromatic carbocycles. The lowest BCUT2D eigenvalue weighted by molar-refractivity contribution is -0.143. The molecule has 3 aromatic rings. The third-order valence-electron chi connectivity index (χ3n) is 5.95. The average molecular weight is 473 g/mol. The Morgan fingerprint density at radius 2 is 1.43 bits per heavy atom. The van der Waals surface area contributed by atoms with Gasteiger partial charge in [-0.3, -0.25) is 9.59 Å². The van der Waals surface area contributed by atoms with Crippen molar-refractivity contribution < 1.29 is 23.9 Å². The lowest BCUT2D eigenvalue weighted by Crippen LogP contribution is -2.49. The number of fused-ring (bicyclic) bond motifs is 3. The molecule has 1 aliphatic rings. The molecule has 7 nitrogen and oxygen atoms in total. The van der Waals surface area contributed by atoms with E-state index < -0.39 is 24.0 Å².